The smallest absolute Gasteiger partial charge is 0.225 e. The molecule has 0 saturated heterocycles. The van der Waals surface area contributed by atoms with Gasteiger partial charge in [-0.1, -0.05) is 12.1 Å². The number of halogens is 1. The van der Waals surface area contributed by atoms with Gasteiger partial charge in [-0.3, -0.25) is 4.68 Å². The summed E-state index contributed by atoms with van der Waals surface area (Å²) in [5.74, 6) is 1.33. The highest BCUT2D eigenvalue weighted by atomic mass is 19.1. The predicted molar refractivity (Wildman–Crippen MR) is 110 cm³/mol. The van der Waals surface area contributed by atoms with Crippen LogP contribution >= 0.6 is 0 Å². The van der Waals surface area contributed by atoms with Gasteiger partial charge in [-0.05, 0) is 30.7 Å². The van der Waals surface area contributed by atoms with Crippen molar-refractivity contribution in [2.24, 2.45) is 0 Å². The topological polar surface area (TPSA) is 63.8 Å². The molecule has 1 aromatic carbocycles. The average Bonchev–Trinajstić information content (AvgIpc) is 3.33. The summed E-state index contributed by atoms with van der Waals surface area (Å²) in [7, 11) is 2.08. The van der Waals surface area contributed by atoms with E-state index in [0.29, 0.717) is 25.1 Å². The van der Waals surface area contributed by atoms with Gasteiger partial charge >= 0.3 is 0 Å². The number of rotatable bonds is 5. The molecule has 4 aromatic rings. The van der Waals surface area contributed by atoms with Gasteiger partial charge in [0.1, 0.15) is 11.3 Å². The monoisotopic (exact) mass is 391 g/mol. The van der Waals surface area contributed by atoms with Gasteiger partial charge in [0.2, 0.25) is 5.95 Å². The highest BCUT2D eigenvalue weighted by molar-refractivity contribution is 5.89. The quantitative estimate of drug-likeness (QED) is 0.566. The van der Waals surface area contributed by atoms with Crippen molar-refractivity contribution in [3.63, 3.8) is 0 Å². The van der Waals surface area contributed by atoms with Crippen molar-refractivity contribution in [1.29, 1.82) is 0 Å². The molecule has 0 bridgehead atoms. The summed E-state index contributed by atoms with van der Waals surface area (Å²) in [5, 5.41) is 7.71. The highest BCUT2D eigenvalue weighted by Crippen LogP contribution is 2.31. The van der Waals surface area contributed by atoms with E-state index in [9.17, 15) is 4.39 Å². The Labute approximate surface area is 167 Å². The van der Waals surface area contributed by atoms with E-state index in [-0.39, 0.29) is 5.82 Å². The molecule has 1 unspecified atom stereocenters. The maximum atomic E-state index is 13.0. The van der Waals surface area contributed by atoms with Crippen molar-refractivity contribution in [2.75, 3.05) is 17.3 Å². The Hall–Kier alpha value is -3.42. The highest BCUT2D eigenvalue weighted by Gasteiger charge is 2.24. The van der Waals surface area contributed by atoms with E-state index in [1.165, 1.54) is 12.1 Å². The molecule has 1 aliphatic rings. The van der Waals surface area contributed by atoms with Crippen LogP contribution in [0.4, 0.5) is 16.2 Å². The van der Waals surface area contributed by atoms with Gasteiger partial charge in [-0.15, -0.1) is 0 Å². The summed E-state index contributed by atoms with van der Waals surface area (Å²) in [4.78, 5) is 11.6. The summed E-state index contributed by atoms with van der Waals surface area (Å²) in [6, 6.07) is 8.89. The van der Waals surface area contributed by atoms with Crippen molar-refractivity contribution >= 4 is 22.8 Å². The molecular formula is C21H22FN7. The Kier molecular flexibility index (Phi) is 4.19. The Morgan fingerprint density at radius 1 is 1.14 bits per heavy atom. The minimum atomic E-state index is -0.231. The molecule has 0 fully saturated rings. The lowest BCUT2D eigenvalue weighted by atomic mass is 10.2. The number of likely N-dealkylation sites (N-methyl/N-ethyl adjacent to an activating group) is 1. The number of hydrogen-bond acceptors (Lipinski definition) is 5. The lowest BCUT2D eigenvalue weighted by Crippen LogP contribution is -2.37. The van der Waals surface area contributed by atoms with Crippen LogP contribution < -0.4 is 10.2 Å². The summed E-state index contributed by atoms with van der Waals surface area (Å²) >= 11 is 0. The van der Waals surface area contributed by atoms with Gasteiger partial charge in [-0.2, -0.15) is 10.1 Å². The summed E-state index contributed by atoms with van der Waals surface area (Å²) in [5.41, 5.74) is 4.07. The molecule has 1 N–H and O–H groups in total. The van der Waals surface area contributed by atoms with Crippen LogP contribution in [0.25, 0.3) is 11.0 Å². The molecule has 7 nitrogen and oxygen atoms in total. The first-order chi connectivity index (χ1) is 14.1. The maximum absolute atomic E-state index is 13.0. The van der Waals surface area contributed by atoms with E-state index in [1.807, 2.05) is 23.1 Å². The van der Waals surface area contributed by atoms with Crippen molar-refractivity contribution in [1.82, 2.24) is 24.3 Å². The molecule has 0 aliphatic carbocycles. The van der Waals surface area contributed by atoms with Crippen LogP contribution in [0.15, 0.2) is 48.9 Å². The van der Waals surface area contributed by atoms with Gasteiger partial charge < -0.3 is 14.8 Å². The van der Waals surface area contributed by atoms with Crippen LogP contribution in [0.3, 0.4) is 0 Å². The predicted octanol–water partition coefficient (Wildman–Crippen LogP) is 3.27. The fourth-order valence-corrected chi connectivity index (χ4v) is 3.72. The van der Waals surface area contributed by atoms with E-state index < -0.39 is 0 Å². The number of benzene rings is 1. The first-order valence-corrected chi connectivity index (χ1v) is 9.66. The van der Waals surface area contributed by atoms with Gasteiger partial charge in [-0.25, -0.2) is 9.37 Å². The van der Waals surface area contributed by atoms with Crippen LogP contribution in [0.5, 0.6) is 0 Å². The standard InChI is InChI=1S/C21H22FN7/c1-14-11-28-8-7-18-19(28)20(27(14)2)26-21(25-18)23-9-16-10-24-29(13-16)12-15-3-5-17(22)6-4-15/h3-8,10,13-14H,9,11-12H2,1-2H3,(H,23,25,26). The Bertz CT molecular complexity index is 1160. The zero-order valence-electron chi connectivity index (χ0n) is 16.4. The first kappa shape index (κ1) is 17.7. The number of anilines is 2. The second kappa shape index (κ2) is 6.88. The van der Waals surface area contributed by atoms with Gasteiger partial charge in [0.05, 0.1) is 18.3 Å². The van der Waals surface area contributed by atoms with Gasteiger partial charge in [0.25, 0.3) is 0 Å². The molecule has 0 amide bonds. The summed E-state index contributed by atoms with van der Waals surface area (Å²) in [6.07, 6.45) is 5.88. The van der Waals surface area contributed by atoms with E-state index in [4.69, 9.17) is 4.98 Å². The van der Waals surface area contributed by atoms with Crippen molar-refractivity contribution in [3.8, 4) is 0 Å². The van der Waals surface area contributed by atoms with Crippen LogP contribution in [0, 0.1) is 5.82 Å². The second-order valence-corrected chi connectivity index (χ2v) is 7.56. The largest absolute Gasteiger partial charge is 0.353 e. The third-order valence-electron chi connectivity index (χ3n) is 5.44. The minimum absolute atomic E-state index is 0.231. The van der Waals surface area contributed by atoms with E-state index in [1.54, 1.807) is 12.1 Å². The molecular weight excluding hydrogens is 369 g/mol. The number of nitrogens with zero attached hydrogens (tertiary/aromatic N) is 6. The third-order valence-corrected chi connectivity index (χ3v) is 5.44. The molecule has 0 radical (unpaired) electrons. The van der Waals surface area contributed by atoms with Crippen molar-refractivity contribution < 1.29 is 4.39 Å². The summed E-state index contributed by atoms with van der Waals surface area (Å²) in [6.45, 7) is 4.31. The number of hydrogen-bond donors (Lipinski definition) is 1. The molecule has 8 heteroatoms. The Morgan fingerprint density at radius 3 is 2.79 bits per heavy atom. The molecule has 5 rings (SSSR count). The number of nitrogens with one attached hydrogen (secondary N) is 1. The lowest BCUT2D eigenvalue weighted by Gasteiger charge is -2.32. The van der Waals surface area contributed by atoms with E-state index in [0.717, 1.165) is 34.5 Å². The third kappa shape index (κ3) is 3.30. The summed E-state index contributed by atoms with van der Waals surface area (Å²) < 4.78 is 17.1. The fraction of sp³-hybridized carbons (Fsp3) is 0.286. The van der Waals surface area contributed by atoms with Crippen molar-refractivity contribution in [3.05, 3.63) is 65.9 Å². The molecule has 1 aliphatic heterocycles. The van der Waals surface area contributed by atoms with Gasteiger partial charge in [0, 0.05) is 44.1 Å². The fourth-order valence-electron chi connectivity index (χ4n) is 3.72. The SMILES string of the molecule is CC1Cn2ccc3nc(NCc4cnn(Cc5ccc(F)cc5)c4)nc(c32)N1C. The lowest BCUT2D eigenvalue weighted by molar-refractivity contribution is 0.554. The minimum Gasteiger partial charge on any atom is -0.353 e. The van der Waals surface area contributed by atoms with Crippen LogP contribution in [0.2, 0.25) is 0 Å². The van der Waals surface area contributed by atoms with Crippen molar-refractivity contribution in [2.45, 2.75) is 32.6 Å². The molecule has 3 aromatic heterocycles. The first-order valence-electron chi connectivity index (χ1n) is 9.66. The zero-order chi connectivity index (χ0) is 20.0. The van der Waals surface area contributed by atoms with E-state index in [2.05, 4.69) is 45.0 Å². The number of aromatic nitrogens is 5. The molecule has 1 atom stereocenters. The van der Waals surface area contributed by atoms with Crippen LogP contribution in [0.1, 0.15) is 18.1 Å². The molecule has 0 saturated carbocycles. The molecule has 0 spiro atoms. The molecule has 29 heavy (non-hydrogen) atoms. The second-order valence-electron chi connectivity index (χ2n) is 7.56. The average molecular weight is 391 g/mol. The van der Waals surface area contributed by atoms with Crippen LogP contribution in [-0.4, -0.2) is 37.4 Å². The van der Waals surface area contributed by atoms with E-state index >= 15 is 0 Å². The van der Waals surface area contributed by atoms with Crippen LogP contribution in [-0.2, 0) is 19.6 Å². The van der Waals surface area contributed by atoms with Gasteiger partial charge in [0.15, 0.2) is 5.82 Å². The molecule has 148 valence electrons. The molecule has 4 heterocycles. The Balaban J connectivity index is 1.31. The maximum Gasteiger partial charge on any atom is 0.225 e. The normalized spacial score (nSPS) is 15.8. The Morgan fingerprint density at radius 2 is 1.97 bits per heavy atom. The zero-order valence-corrected chi connectivity index (χ0v) is 16.4.